The van der Waals surface area contributed by atoms with Crippen molar-refractivity contribution >= 4 is 23.2 Å². The molecule has 5 heteroatoms. The number of benzene rings is 4. The van der Waals surface area contributed by atoms with Gasteiger partial charge in [-0.1, -0.05) is 48.5 Å². The van der Waals surface area contributed by atoms with Crippen LogP contribution in [0.25, 0.3) is 17.2 Å². The SMILES string of the molecule is COc1ccc2c(c1)/C(=C\c1ccc(Oc3ccc(F)cc3)cc1)C(Cc1ccccc1)=C2CC(=O)O. The molecule has 0 saturated carbocycles. The molecule has 0 saturated heterocycles. The Hall–Kier alpha value is -4.64. The molecule has 4 nitrogen and oxygen atoms in total. The van der Waals surface area contributed by atoms with Crippen molar-refractivity contribution in [1.29, 1.82) is 0 Å². The molecule has 4 aromatic rings. The van der Waals surface area contributed by atoms with Crippen molar-refractivity contribution in [2.45, 2.75) is 12.8 Å². The lowest BCUT2D eigenvalue weighted by Gasteiger charge is -2.11. The number of hydrogen-bond acceptors (Lipinski definition) is 3. The van der Waals surface area contributed by atoms with Crippen LogP contribution in [0.3, 0.4) is 0 Å². The Morgan fingerprint density at radius 3 is 2.11 bits per heavy atom. The Kier molecular flexibility index (Phi) is 6.86. The minimum atomic E-state index is -0.870. The Bertz CT molecular complexity index is 1480. The highest BCUT2D eigenvalue weighted by Gasteiger charge is 2.28. The quantitative estimate of drug-likeness (QED) is 0.274. The predicted octanol–water partition coefficient (Wildman–Crippen LogP) is 7.65. The van der Waals surface area contributed by atoms with Crippen molar-refractivity contribution in [3.63, 3.8) is 0 Å². The average molecular weight is 493 g/mol. The van der Waals surface area contributed by atoms with Gasteiger partial charge in [0.25, 0.3) is 0 Å². The van der Waals surface area contributed by atoms with Gasteiger partial charge in [0.15, 0.2) is 0 Å². The van der Waals surface area contributed by atoms with Gasteiger partial charge in [0, 0.05) is 0 Å². The normalized spacial score (nSPS) is 13.5. The van der Waals surface area contributed by atoms with E-state index < -0.39 is 5.97 Å². The Morgan fingerprint density at radius 1 is 0.811 bits per heavy atom. The molecule has 5 rings (SSSR count). The number of rotatable bonds is 8. The summed E-state index contributed by atoms with van der Waals surface area (Å²) in [6, 6.07) is 29.3. The van der Waals surface area contributed by atoms with Crippen LogP contribution in [-0.2, 0) is 11.2 Å². The van der Waals surface area contributed by atoms with Gasteiger partial charge in [-0.05, 0) is 100 Å². The molecular weight excluding hydrogens is 467 g/mol. The van der Waals surface area contributed by atoms with Gasteiger partial charge in [-0.15, -0.1) is 0 Å². The Balaban J connectivity index is 1.55. The maximum absolute atomic E-state index is 13.2. The molecule has 0 spiro atoms. The van der Waals surface area contributed by atoms with Crippen LogP contribution in [-0.4, -0.2) is 18.2 Å². The van der Waals surface area contributed by atoms with E-state index in [4.69, 9.17) is 9.47 Å². The first-order valence-corrected chi connectivity index (χ1v) is 11.9. The number of ether oxygens (including phenoxy) is 2. The molecule has 1 N–H and O–H groups in total. The zero-order valence-electron chi connectivity index (χ0n) is 20.3. The van der Waals surface area contributed by atoms with Gasteiger partial charge < -0.3 is 14.6 Å². The van der Waals surface area contributed by atoms with Crippen LogP contribution in [0.2, 0.25) is 0 Å². The van der Waals surface area contributed by atoms with E-state index >= 15 is 0 Å². The number of methoxy groups -OCH3 is 1. The van der Waals surface area contributed by atoms with E-state index in [0.717, 1.165) is 39.0 Å². The van der Waals surface area contributed by atoms with Crippen LogP contribution in [0.15, 0.2) is 103 Å². The van der Waals surface area contributed by atoms with Crippen LogP contribution >= 0.6 is 0 Å². The summed E-state index contributed by atoms with van der Waals surface area (Å²) in [6.07, 6.45) is 2.62. The van der Waals surface area contributed by atoms with Gasteiger partial charge in [0.1, 0.15) is 23.1 Å². The smallest absolute Gasteiger partial charge is 0.307 e. The Labute approximate surface area is 214 Å². The second-order valence-electron chi connectivity index (χ2n) is 8.78. The van der Waals surface area contributed by atoms with Crippen molar-refractivity contribution < 1.29 is 23.8 Å². The van der Waals surface area contributed by atoms with Gasteiger partial charge in [-0.25, -0.2) is 4.39 Å². The van der Waals surface area contributed by atoms with Crippen molar-refractivity contribution in [3.05, 3.63) is 131 Å². The lowest BCUT2D eigenvalue weighted by atomic mass is 9.94. The summed E-state index contributed by atoms with van der Waals surface area (Å²) in [5.74, 6) is 0.711. The maximum Gasteiger partial charge on any atom is 0.307 e. The molecule has 0 atom stereocenters. The fraction of sp³-hybridized carbons (Fsp3) is 0.0938. The van der Waals surface area contributed by atoms with Crippen LogP contribution in [0.4, 0.5) is 4.39 Å². The largest absolute Gasteiger partial charge is 0.497 e. The van der Waals surface area contributed by atoms with Gasteiger partial charge >= 0.3 is 5.97 Å². The average Bonchev–Trinajstić information content (AvgIpc) is 3.17. The van der Waals surface area contributed by atoms with E-state index in [0.29, 0.717) is 23.7 Å². The molecule has 1 aliphatic rings. The standard InChI is InChI=1S/C32H25FO4/c1-36-26-15-16-27-30(19-26)28(29(31(27)20-32(34)35)17-21-5-3-2-4-6-21)18-22-7-11-24(12-8-22)37-25-13-9-23(33)10-14-25/h2-16,18-19H,17,20H2,1H3,(H,34,35)/b28-18-. The molecule has 0 fully saturated rings. The molecular formula is C32H25FO4. The number of carboxylic acids is 1. The summed E-state index contributed by atoms with van der Waals surface area (Å²) in [5.41, 5.74) is 6.69. The number of hydrogen-bond donors (Lipinski definition) is 1. The second kappa shape index (κ2) is 10.5. The van der Waals surface area contributed by atoms with E-state index in [9.17, 15) is 14.3 Å². The zero-order chi connectivity index (χ0) is 25.8. The maximum atomic E-state index is 13.2. The first-order valence-electron chi connectivity index (χ1n) is 11.9. The lowest BCUT2D eigenvalue weighted by Crippen LogP contribution is -1.99. The molecule has 37 heavy (non-hydrogen) atoms. The molecule has 0 heterocycles. The van der Waals surface area contributed by atoms with Crippen LogP contribution < -0.4 is 9.47 Å². The fourth-order valence-electron chi connectivity index (χ4n) is 4.58. The monoisotopic (exact) mass is 492 g/mol. The predicted molar refractivity (Wildman–Crippen MR) is 143 cm³/mol. The van der Waals surface area contributed by atoms with Gasteiger partial charge in [-0.3, -0.25) is 4.79 Å². The van der Waals surface area contributed by atoms with Crippen LogP contribution in [0.1, 0.15) is 28.7 Å². The first-order chi connectivity index (χ1) is 18.0. The molecule has 0 radical (unpaired) electrons. The summed E-state index contributed by atoms with van der Waals surface area (Å²) in [6.45, 7) is 0. The molecule has 0 bridgehead atoms. The molecule has 0 amide bonds. The first kappa shape index (κ1) is 24.1. The third kappa shape index (κ3) is 5.46. The molecule has 4 aromatic carbocycles. The van der Waals surface area contributed by atoms with E-state index in [2.05, 4.69) is 6.08 Å². The van der Waals surface area contributed by atoms with E-state index in [1.54, 1.807) is 19.2 Å². The van der Waals surface area contributed by atoms with Crippen molar-refractivity contribution in [3.8, 4) is 17.2 Å². The van der Waals surface area contributed by atoms with Crippen molar-refractivity contribution in [2.75, 3.05) is 7.11 Å². The highest BCUT2D eigenvalue weighted by atomic mass is 19.1. The molecule has 0 aromatic heterocycles. The molecule has 0 unspecified atom stereocenters. The van der Waals surface area contributed by atoms with Crippen LogP contribution in [0.5, 0.6) is 17.2 Å². The number of carbonyl (C=O) groups is 1. The lowest BCUT2D eigenvalue weighted by molar-refractivity contribution is -0.135. The number of aliphatic carboxylic acids is 1. The summed E-state index contributed by atoms with van der Waals surface area (Å²) in [4.78, 5) is 11.8. The highest BCUT2D eigenvalue weighted by Crippen LogP contribution is 2.46. The third-order valence-electron chi connectivity index (χ3n) is 6.32. The number of carboxylic acid groups (broad SMARTS) is 1. The molecule has 0 aliphatic heterocycles. The minimum Gasteiger partial charge on any atom is -0.497 e. The number of halogens is 1. The third-order valence-corrected chi connectivity index (χ3v) is 6.32. The van der Waals surface area contributed by atoms with E-state index in [1.165, 1.54) is 12.1 Å². The molecule has 184 valence electrons. The zero-order valence-corrected chi connectivity index (χ0v) is 20.3. The van der Waals surface area contributed by atoms with Gasteiger partial charge in [-0.2, -0.15) is 0 Å². The number of allylic oxidation sites excluding steroid dienone is 2. The van der Waals surface area contributed by atoms with Crippen LogP contribution in [0, 0.1) is 5.82 Å². The number of fused-ring (bicyclic) bond motifs is 1. The van der Waals surface area contributed by atoms with Gasteiger partial charge in [0.2, 0.25) is 0 Å². The van der Waals surface area contributed by atoms with Crippen molar-refractivity contribution in [1.82, 2.24) is 0 Å². The fourth-order valence-corrected chi connectivity index (χ4v) is 4.58. The summed E-state index contributed by atoms with van der Waals surface area (Å²) in [7, 11) is 1.62. The topological polar surface area (TPSA) is 55.8 Å². The van der Waals surface area contributed by atoms with Gasteiger partial charge in [0.05, 0.1) is 13.5 Å². The molecule has 1 aliphatic carbocycles. The summed E-state index contributed by atoms with van der Waals surface area (Å²) >= 11 is 0. The van der Waals surface area contributed by atoms with E-state index in [1.807, 2.05) is 72.8 Å². The van der Waals surface area contributed by atoms with Crippen molar-refractivity contribution in [2.24, 2.45) is 0 Å². The minimum absolute atomic E-state index is 0.0662. The highest BCUT2D eigenvalue weighted by molar-refractivity contribution is 6.08. The summed E-state index contributed by atoms with van der Waals surface area (Å²) in [5, 5.41) is 9.71. The van der Waals surface area contributed by atoms with E-state index in [-0.39, 0.29) is 12.2 Å². The Morgan fingerprint density at radius 2 is 1.46 bits per heavy atom. The second-order valence-corrected chi connectivity index (χ2v) is 8.78. The summed E-state index contributed by atoms with van der Waals surface area (Å²) < 4.78 is 24.5.